The second kappa shape index (κ2) is 7.27. The third-order valence-electron chi connectivity index (χ3n) is 4.03. The third kappa shape index (κ3) is 3.57. The van der Waals surface area contributed by atoms with Gasteiger partial charge in [-0.05, 0) is 30.3 Å². The maximum Gasteiger partial charge on any atom is 0.429 e. The lowest BCUT2D eigenvalue weighted by molar-refractivity contribution is -0.137. The van der Waals surface area contributed by atoms with E-state index >= 15 is 0 Å². The van der Waals surface area contributed by atoms with Crippen LogP contribution in [0.3, 0.4) is 0 Å². The van der Waals surface area contributed by atoms with Crippen LogP contribution in [0.4, 0.5) is 0 Å². The molecule has 1 unspecified atom stereocenters. The lowest BCUT2D eigenvalue weighted by atomic mass is 9.55. The van der Waals surface area contributed by atoms with Gasteiger partial charge in [-0.2, -0.15) is 0 Å². The largest absolute Gasteiger partial charge is 0.525 e. The zero-order valence-electron chi connectivity index (χ0n) is 12.6. The van der Waals surface area contributed by atoms with Crippen molar-refractivity contribution in [1.29, 1.82) is 0 Å². The number of nitrogens with one attached hydrogen (secondary N) is 1. The zero-order valence-corrected chi connectivity index (χ0v) is 12.6. The summed E-state index contributed by atoms with van der Waals surface area (Å²) in [7, 11) is 0. The maximum absolute atomic E-state index is 12.5. The highest BCUT2D eigenvalue weighted by Gasteiger charge is 2.29. The summed E-state index contributed by atoms with van der Waals surface area (Å²) in [5, 5.41) is 3.25. The maximum atomic E-state index is 12.5. The van der Waals surface area contributed by atoms with Gasteiger partial charge in [0.05, 0.1) is 0 Å². The molecule has 1 heterocycles. The molecule has 0 aromatic heterocycles. The van der Waals surface area contributed by atoms with Gasteiger partial charge in [0.2, 0.25) is 0 Å². The van der Waals surface area contributed by atoms with E-state index in [1.165, 1.54) is 0 Å². The van der Waals surface area contributed by atoms with Crippen molar-refractivity contribution in [2.45, 2.75) is 25.3 Å². The molecular formula is C18H20BNO2. The van der Waals surface area contributed by atoms with Crippen LogP contribution in [0, 0.1) is 0 Å². The number of rotatable bonds is 4. The van der Waals surface area contributed by atoms with Gasteiger partial charge in [0.25, 0.3) is 0 Å². The molecule has 0 amide bonds. The molecule has 4 heteroatoms. The van der Waals surface area contributed by atoms with Gasteiger partial charge in [0.1, 0.15) is 6.04 Å². The Balaban J connectivity index is 1.81. The second-order valence-electron chi connectivity index (χ2n) is 5.64. The summed E-state index contributed by atoms with van der Waals surface area (Å²) in [6.07, 6.45) is 3.06. The predicted octanol–water partition coefficient (Wildman–Crippen LogP) is 1.48. The fourth-order valence-electron chi connectivity index (χ4n) is 2.84. The molecule has 1 aliphatic heterocycles. The molecule has 3 nitrogen and oxygen atoms in total. The van der Waals surface area contributed by atoms with Crippen LogP contribution in [-0.4, -0.2) is 25.5 Å². The lowest BCUT2D eigenvalue weighted by Crippen LogP contribution is -2.51. The topological polar surface area (TPSA) is 38.3 Å². The first-order valence-electron chi connectivity index (χ1n) is 7.88. The Labute approximate surface area is 131 Å². The minimum absolute atomic E-state index is 0.155. The van der Waals surface area contributed by atoms with Gasteiger partial charge in [0, 0.05) is 0 Å². The molecule has 2 aromatic rings. The summed E-state index contributed by atoms with van der Waals surface area (Å²) in [6.45, 7) is 0.541. The van der Waals surface area contributed by atoms with E-state index in [1.54, 1.807) is 0 Å². The number of carbonyl (C=O) groups excluding carboxylic acids is 1. The number of benzene rings is 2. The molecule has 0 bridgehead atoms. The van der Waals surface area contributed by atoms with E-state index in [4.69, 9.17) is 4.65 Å². The summed E-state index contributed by atoms with van der Waals surface area (Å²) in [4.78, 5) is 12.5. The second-order valence-corrected chi connectivity index (χ2v) is 5.64. The smallest absolute Gasteiger partial charge is 0.429 e. The fraction of sp³-hybridized carbons (Fsp3) is 0.278. The van der Waals surface area contributed by atoms with E-state index in [9.17, 15) is 4.79 Å². The van der Waals surface area contributed by atoms with Crippen LogP contribution in [-0.2, 0) is 9.45 Å². The van der Waals surface area contributed by atoms with Gasteiger partial charge >= 0.3 is 12.9 Å². The van der Waals surface area contributed by atoms with Crippen molar-refractivity contribution in [3.05, 3.63) is 60.7 Å². The summed E-state index contributed by atoms with van der Waals surface area (Å²) in [6, 6.07) is 19.6. The molecule has 3 rings (SSSR count). The molecule has 1 fully saturated rings. The van der Waals surface area contributed by atoms with E-state index in [2.05, 4.69) is 5.32 Å². The van der Waals surface area contributed by atoms with E-state index in [1.807, 2.05) is 60.7 Å². The van der Waals surface area contributed by atoms with E-state index < -0.39 is 0 Å². The SMILES string of the molecule is O=C(OB(c1ccccc1)c1ccccc1)C1CCCCN1. The molecule has 0 spiro atoms. The van der Waals surface area contributed by atoms with Crippen molar-refractivity contribution < 1.29 is 9.45 Å². The third-order valence-corrected chi connectivity index (χ3v) is 4.03. The van der Waals surface area contributed by atoms with Crippen molar-refractivity contribution in [2.75, 3.05) is 6.54 Å². The molecule has 0 aliphatic carbocycles. The molecule has 1 aliphatic rings. The van der Waals surface area contributed by atoms with Gasteiger partial charge in [-0.15, -0.1) is 0 Å². The van der Waals surface area contributed by atoms with Crippen molar-refractivity contribution in [3.8, 4) is 0 Å². The average Bonchev–Trinajstić information content (AvgIpc) is 2.62. The van der Waals surface area contributed by atoms with Gasteiger partial charge in [-0.3, -0.25) is 4.79 Å². The van der Waals surface area contributed by atoms with E-state index in [0.29, 0.717) is 0 Å². The highest BCUT2D eigenvalue weighted by molar-refractivity contribution is 6.81. The summed E-state index contributed by atoms with van der Waals surface area (Å²) in [5.74, 6) is -0.155. The van der Waals surface area contributed by atoms with Crippen molar-refractivity contribution in [2.24, 2.45) is 0 Å². The highest BCUT2D eigenvalue weighted by Crippen LogP contribution is 2.09. The van der Waals surface area contributed by atoms with Crippen molar-refractivity contribution in [1.82, 2.24) is 5.32 Å². The van der Waals surface area contributed by atoms with Crippen LogP contribution in [0.5, 0.6) is 0 Å². The minimum Gasteiger partial charge on any atom is -0.525 e. The van der Waals surface area contributed by atoms with Gasteiger partial charge < -0.3 is 9.97 Å². The van der Waals surface area contributed by atoms with Crippen molar-refractivity contribution in [3.63, 3.8) is 0 Å². The summed E-state index contributed by atoms with van der Waals surface area (Å²) >= 11 is 0. The van der Waals surface area contributed by atoms with Gasteiger partial charge in [-0.25, -0.2) is 0 Å². The molecule has 22 heavy (non-hydrogen) atoms. The Morgan fingerprint density at radius 1 is 0.955 bits per heavy atom. The number of hydrogen-bond donors (Lipinski definition) is 1. The number of piperidine rings is 1. The monoisotopic (exact) mass is 293 g/mol. The molecule has 1 saturated heterocycles. The van der Waals surface area contributed by atoms with E-state index in [0.717, 1.165) is 36.7 Å². The first kappa shape index (κ1) is 14.9. The van der Waals surface area contributed by atoms with Gasteiger partial charge in [0.15, 0.2) is 0 Å². The minimum atomic E-state index is -0.348. The van der Waals surface area contributed by atoms with Crippen LogP contribution in [0.2, 0.25) is 0 Å². The molecule has 1 atom stereocenters. The Bertz CT molecular complexity index is 557. The lowest BCUT2D eigenvalue weighted by Gasteiger charge is -2.24. The molecule has 1 N–H and O–H groups in total. The average molecular weight is 293 g/mol. The van der Waals surface area contributed by atoms with Crippen LogP contribution < -0.4 is 16.2 Å². The number of carbonyl (C=O) groups is 1. The van der Waals surface area contributed by atoms with Gasteiger partial charge in [-0.1, -0.05) is 67.1 Å². The molecular weight excluding hydrogens is 273 g/mol. The first-order chi connectivity index (χ1) is 10.8. The van der Waals surface area contributed by atoms with Crippen LogP contribution in [0.1, 0.15) is 19.3 Å². The quantitative estimate of drug-likeness (QED) is 0.868. The van der Waals surface area contributed by atoms with E-state index in [-0.39, 0.29) is 18.9 Å². The first-order valence-corrected chi connectivity index (χ1v) is 7.88. The Morgan fingerprint density at radius 2 is 1.55 bits per heavy atom. The zero-order chi connectivity index (χ0) is 15.2. The van der Waals surface area contributed by atoms with Crippen molar-refractivity contribution >= 4 is 23.8 Å². The Hall–Kier alpha value is -2.07. The standard InChI is InChI=1S/C18H20BNO2/c21-18(17-13-7-8-14-20-17)22-19(15-9-3-1-4-10-15)16-11-5-2-6-12-16/h1-6,9-12,17,20H,7-8,13-14H2. The Kier molecular flexibility index (Phi) is 4.91. The highest BCUT2D eigenvalue weighted by atomic mass is 16.5. The molecule has 0 radical (unpaired) electrons. The van der Waals surface area contributed by atoms with Crippen LogP contribution in [0.25, 0.3) is 0 Å². The van der Waals surface area contributed by atoms with Crippen LogP contribution in [0.15, 0.2) is 60.7 Å². The van der Waals surface area contributed by atoms with Crippen LogP contribution >= 0.6 is 0 Å². The number of hydrogen-bond acceptors (Lipinski definition) is 3. The molecule has 0 saturated carbocycles. The molecule has 2 aromatic carbocycles. The molecule has 112 valence electrons. The summed E-state index contributed by atoms with van der Waals surface area (Å²) in [5.41, 5.74) is 2.00. The summed E-state index contributed by atoms with van der Waals surface area (Å²) < 4.78 is 5.86. The normalized spacial score (nSPS) is 17.7. The predicted molar refractivity (Wildman–Crippen MR) is 89.6 cm³/mol. The Morgan fingerprint density at radius 3 is 2.05 bits per heavy atom. The fourth-order valence-corrected chi connectivity index (χ4v) is 2.84.